The number of hydrogen-bond acceptors (Lipinski definition) is 7. The Morgan fingerprint density at radius 3 is 2.71 bits per heavy atom. The molecule has 182 valence electrons. The van der Waals surface area contributed by atoms with Crippen LogP contribution in [0.15, 0.2) is 58.4 Å². The van der Waals surface area contributed by atoms with E-state index in [1.165, 1.54) is 32.4 Å². The minimum atomic E-state index is -3.84. The number of rotatable bonds is 7. The van der Waals surface area contributed by atoms with Crippen LogP contribution in [0.1, 0.15) is 56.4 Å². The van der Waals surface area contributed by atoms with E-state index in [-0.39, 0.29) is 16.7 Å². The standard InChI is InChI=1S/C25H27N5O4S/c1-15(16-7-8-16)20-5-4-6-21(17-9-10-28-19(11-17)13-26)23(20)29-24(31)30-35(27,33)22-12-18(14-34-22)25(2,3)32/h4-6,9-12,14-16,32H,7-8H2,1-3H3,(H3,27,29,30,31,33)/t15-,35?/m1/s1. The van der Waals surface area contributed by atoms with Crippen LogP contribution in [0, 0.1) is 22.0 Å². The lowest BCUT2D eigenvalue weighted by Gasteiger charge is -2.21. The maximum Gasteiger partial charge on any atom is 0.332 e. The molecule has 1 aliphatic carbocycles. The van der Waals surface area contributed by atoms with Gasteiger partial charge < -0.3 is 14.8 Å². The molecule has 0 bridgehead atoms. The third-order valence-corrected chi connectivity index (χ3v) is 7.40. The van der Waals surface area contributed by atoms with Crippen LogP contribution in [-0.4, -0.2) is 20.3 Å². The molecule has 4 rings (SSSR count). The highest BCUT2D eigenvalue weighted by Crippen LogP contribution is 2.46. The number of carbonyl (C=O) groups excluding carboxylic acids is 1. The zero-order valence-electron chi connectivity index (χ0n) is 19.7. The number of benzene rings is 1. The van der Waals surface area contributed by atoms with E-state index in [0.717, 1.165) is 18.4 Å². The number of nitrogens with zero attached hydrogens (tertiary/aromatic N) is 2. The minimum Gasteiger partial charge on any atom is -0.452 e. The normalized spacial score (nSPS) is 16.1. The SMILES string of the molecule is C[C@@H](c1cccc(-c2ccnc(C#N)c2)c1NC(=O)NS(=N)(=O)c1cc(C(C)(C)O)co1)C1CC1. The Morgan fingerprint density at radius 2 is 2.09 bits per heavy atom. The Morgan fingerprint density at radius 1 is 1.34 bits per heavy atom. The highest BCUT2D eigenvalue weighted by atomic mass is 32.2. The fraction of sp³-hybridized carbons (Fsp3) is 0.320. The molecule has 0 saturated heterocycles. The van der Waals surface area contributed by atoms with Crippen LogP contribution in [0.4, 0.5) is 10.5 Å². The monoisotopic (exact) mass is 493 g/mol. The summed E-state index contributed by atoms with van der Waals surface area (Å²) in [5, 5.41) is 21.9. The zero-order valence-corrected chi connectivity index (χ0v) is 20.5. The van der Waals surface area contributed by atoms with Crippen molar-refractivity contribution in [1.29, 1.82) is 10.0 Å². The van der Waals surface area contributed by atoms with Crippen molar-refractivity contribution in [1.82, 2.24) is 9.71 Å². The molecule has 3 aromatic rings. The van der Waals surface area contributed by atoms with Crippen molar-refractivity contribution in [2.75, 3.05) is 5.32 Å². The van der Waals surface area contributed by atoms with Crippen molar-refractivity contribution in [2.24, 2.45) is 5.92 Å². The van der Waals surface area contributed by atoms with Crippen LogP contribution >= 0.6 is 0 Å². The second-order valence-electron chi connectivity index (χ2n) is 9.26. The Hall–Kier alpha value is -3.68. The molecular weight excluding hydrogens is 466 g/mol. The first kappa shape index (κ1) is 24.4. The maximum atomic E-state index is 13.0. The molecule has 0 spiro atoms. The molecule has 2 aromatic heterocycles. The third-order valence-electron chi connectivity index (χ3n) is 6.14. The summed E-state index contributed by atoms with van der Waals surface area (Å²) in [5.41, 5.74) is 2.14. The number of carbonyl (C=O) groups is 1. The van der Waals surface area contributed by atoms with Crippen molar-refractivity contribution in [3.63, 3.8) is 0 Å². The quantitative estimate of drug-likeness (QED) is 0.359. The number of hydrogen-bond donors (Lipinski definition) is 4. The lowest BCUT2D eigenvalue weighted by molar-refractivity contribution is 0.0779. The molecule has 1 unspecified atom stereocenters. The van der Waals surface area contributed by atoms with Gasteiger partial charge in [0.25, 0.3) is 0 Å². The van der Waals surface area contributed by atoms with Gasteiger partial charge in [0.05, 0.1) is 17.6 Å². The number of aliphatic hydroxyl groups is 1. The molecule has 2 heterocycles. The summed E-state index contributed by atoms with van der Waals surface area (Å²) in [7, 11) is -3.84. The summed E-state index contributed by atoms with van der Waals surface area (Å²) in [6.45, 7) is 5.16. The predicted molar refractivity (Wildman–Crippen MR) is 131 cm³/mol. The van der Waals surface area contributed by atoms with Crippen LogP contribution in [0.2, 0.25) is 0 Å². The van der Waals surface area contributed by atoms with Crippen molar-refractivity contribution in [2.45, 2.75) is 50.2 Å². The highest BCUT2D eigenvalue weighted by Gasteiger charge is 2.32. The number of aromatic nitrogens is 1. The molecule has 10 heteroatoms. The van der Waals surface area contributed by atoms with E-state index in [9.17, 15) is 19.4 Å². The van der Waals surface area contributed by atoms with Crippen LogP contribution in [0.25, 0.3) is 11.1 Å². The van der Waals surface area contributed by atoms with Crippen LogP contribution in [0.5, 0.6) is 0 Å². The van der Waals surface area contributed by atoms with E-state index < -0.39 is 21.5 Å². The molecule has 2 amide bonds. The molecule has 0 radical (unpaired) electrons. The molecule has 1 aromatic carbocycles. The summed E-state index contributed by atoms with van der Waals surface area (Å²) in [6, 6.07) is 11.5. The Bertz CT molecular complexity index is 1410. The lowest BCUT2D eigenvalue weighted by atomic mass is 9.90. The first-order valence-corrected chi connectivity index (χ1v) is 12.7. The van der Waals surface area contributed by atoms with E-state index >= 15 is 0 Å². The van der Waals surface area contributed by atoms with Crippen molar-refractivity contribution >= 4 is 21.6 Å². The molecule has 1 fully saturated rings. The fourth-order valence-electron chi connectivity index (χ4n) is 3.95. The highest BCUT2D eigenvalue weighted by molar-refractivity contribution is 7.91. The molecular formula is C25H27N5O4S. The van der Waals surface area contributed by atoms with Gasteiger partial charge in [-0.05, 0) is 61.8 Å². The van der Waals surface area contributed by atoms with Crippen LogP contribution in [-0.2, 0) is 15.5 Å². The molecule has 9 nitrogen and oxygen atoms in total. The molecule has 1 aliphatic rings. The number of nitrogens with one attached hydrogen (secondary N) is 3. The van der Waals surface area contributed by atoms with Gasteiger partial charge in [-0.15, -0.1) is 0 Å². The zero-order chi connectivity index (χ0) is 25.4. The maximum absolute atomic E-state index is 13.0. The third kappa shape index (κ3) is 5.37. The molecule has 4 N–H and O–H groups in total. The van der Waals surface area contributed by atoms with E-state index in [4.69, 9.17) is 9.20 Å². The molecule has 1 saturated carbocycles. The van der Waals surface area contributed by atoms with Crippen LogP contribution < -0.4 is 10.0 Å². The average molecular weight is 494 g/mol. The van der Waals surface area contributed by atoms with Gasteiger partial charge in [-0.25, -0.2) is 23.5 Å². The average Bonchev–Trinajstić information content (AvgIpc) is 3.51. The molecule has 35 heavy (non-hydrogen) atoms. The summed E-state index contributed by atoms with van der Waals surface area (Å²) in [6.07, 6.45) is 4.95. The van der Waals surface area contributed by atoms with Gasteiger partial charge in [0.1, 0.15) is 11.8 Å². The Kier molecular flexibility index (Phi) is 6.40. The number of furan rings is 1. The van der Waals surface area contributed by atoms with Crippen LogP contribution in [0.3, 0.4) is 0 Å². The second kappa shape index (κ2) is 9.17. The van der Waals surface area contributed by atoms with E-state index in [2.05, 4.69) is 21.9 Å². The summed E-state index contributed by atoms with van der Waals surface area (Å²) >= 11 is 0. The van der Waals surface area contributed by atoms with Gasteiger partial charge in [-0.2, -0.15) is 5.26 Å². The molecule has 2 atom stereocenters. The van der Waals surface area contributed by atoms with Crippen molar-refractivity contribution < 1.29 is 18.5 Å². The smallest absolute Gasteiger partial charge is 0.332 e. The topological polar surface area (TPSA) is 152 Å². The summed E-state index contributed by atoms with van der Waals surface area (Å²) in [5.74, 6) is 0.673. The van der Waals surface area contributed by atoms with Gasteiger partial charge in [-0.1, -0.05) is 25.1 Å². The molecule has 0 aliphatic heterocycles. The van der Waals surface area contributed by atoms with E-state index in [1.807, 2.05) is 24.3 Å². The first-order valence-electron chi connectivity index (χ1n) is 11.2. The van der Waals surface area contributed by atoms with Gasteiger partial charge in [-0.3, -0.25) is 0 Å². The predicted octanol–water partition coefficient (Wildman–Crippen LogP) is 5.10. The Labute approximate surface area is 204 Å². The van der Waals surface area contributed by atoms with E-state index in [1.54, 1.807) is 12.1 Å². The van der Waals surface area contributed by atoms with Gasteiger partial charge >= 0.3 is 6.03 Å². The first-order chi connectivity index (χ1) is 16.5. The number of pyridine rings is 1. The Balaban J connectivity index is 1.67. The fourth-order valence-corrected chi connectivity index (χ4v) is 4.84. The van der Waals surface area contributed by atoms with Crippen molar-refractivity contribution in [3.8, 4) is 17.2 Å². The second-order valence-corrected chi connectivity index (χ2v) is 11.0. The van der Waals surface area contributed by atoms with Gasteiger partial charge in [0, 0.05) is 23.4 Å². The largest absolute Gasteiger partial charge is 0.452 e. The minimum absolute atomic E-state index is 0.169. The van der Waals surface area contributed by atoms with Gasteiger partial charge in [0.15, 0.2) is 9.92 Å². The summed E-state index contributed by atoms with van der Waals surface area (Å²) < 4.78 is 28.6. The van der Waals surface area contributed by atoms with Crippen molar-refractivity contribution in [3.05, 3.63) is 65.7 Å². The van der Waals surface area contributed by atoms with Gasteiger partial charge in [0.2, 0.25) is 5.09 Å². The van der Waals surface area contributed by atoms with E-state index in [0.29, 0.717) is 28.3 Å². The summed E-state index contributed by atoms with van der Waals surface area (Å²) in [4.78, 5) is 17.0. The number of urea groups is 1. The number of nitriles is 1. The number of para-hydroxylation sites is 1. The number of anilines is 1. The number of amides is 2. The lowest BCUT2D eigenvalue weighted by Crippen LogP contribution is -2.34.